The van der Waals surface area contributed by atoms with Crippen molar-refractivity contribution in [1.82, 2.24) is 8.61 Å². The normalized spacial score (nSPS) is 22.2. The van der Waals surface area contributed by atoms with Gasteiger partial charge in [0.25, 0.3) is 10.2 Å². The fraction of sp³-hybridized carbons (Fsp3) is 0.500. The number of alkyl halides is 3. The van der Waals surface area contributed by atoms with E-state index in [4.69, 9.17) is 15.6 Å². The van der Waals surface area contributed by atoms with Gasteiger partial charge in [-0.15, -0.1) is 11.3 Å². The van der Waals surface area contributed by atoms with Gasteiger partial charge in [0.2, 0.25) is 0 Å². The van der Waals surface area contributed by atoms with E-state index < -0.39 is 59.6 Å². The smallest absolute Gasteiger partial charge is 0.475 e. The van der Waals surface area contributed by atoms with Crippen molar-refractivity contribution < 1.29 is 52.7 Å². The number of carboxylic acids is 1. The van der Waals surface area contributed by atoms with Crippen LogP contribution in [0.1, 0.15) is 22.8 Å². The second kappa shape index (κ2) is 12.6. The van der Waals surface area contributed by atoms with Gasteiger partial charge in [0.15, 0.2) is 19.7 Å². The summed E-state index contributed by atoms with van der Waals surface area (Å²) < 4.78 is 124. The standard InChI is InChI=1S/C20H26FN3O6S4.C2HF3O2/c21-17-3-1-15(2-4-17)16-11-18(14-33(27,28)20-6-5-19(12-22)31-20)24(13-16)34(29,30)23-7-9-32(25,26)10-8-23;3-2(4,5)1(6)7/h1-6,16,18H,7-14,22H2;(H,6,7). The fourth-order valence-corrected chi connectivity index (χ4v) is 10.6. The molecule has 3 heterocycles. The van der Waals surface area contributed by atoms with E-state index in [0.717, 1.165) is 15.6 Å². The van der Waals surface area contributed by atoms with Gasteiger partial charge in [-0.05, 0) is 42.2 Å². The van der Waals surface area contributed by atoms with Gasteiger partial charge in [-0.3, -0.25) is 0 Å². The molecule has 0 aliphatic carbocycles. The highest BCUT2D eigenvalue weighted by atomic mass is 32.2. The van der Waals surface area contributed by atoms with Crippen molar-refractivity contribution in [2.75, 3.05) is 36.9 Å². The zero-order chi connectivity index (χ0) is 30.8. The molecule has 1 aromatic heterocycles. The zero-order valence-corrected chi connectivity index (χ0v) is 24.5. The Hall–Kier alpha value is -2.16. The fourth-order valence-electron chi connectivity index (χ4n) is 4.34. The van der Waals surface area contributed by atoms with Crippen LogP contribution in [-0.2, 0) is 41.2 Å². The Morgan fingerprint density at radius 2 is 1.61 bits per heavy atom. The number of aliphatic carboxylic acids is 1. The number of hydrogen-bond donors (Lipinski definition) is 2. The maximum atomic E-state index is 13.5. The zero-order valence-electron chi connectivity index (χ0n) is 21.2. The molecule has 2 aliphatic heterocycles. The molecule has 0 amide bonds. The van der Waals surface area contributed by atoms with E-state index in [-0.39, 0.29) is 54.2 Å². The highest BCUT2D eigenvalue weighted by Gasteiger charge is 2.45. The van der Waals surface area contributed by atoms with Crippen LogP contribution in [0.25, 0.3) is 0 Å². The Kier molecular flexibility index (Phi) is 10.2. The van der Waals surface area contributed by atoms with Crippen LogP contribution in [0.2, 0.25) is 0 Å². The van der Waals surface area contributed by atoms with E-state index >= 15 is 0 Å². The number of rotatable bonds is 7. The Morgan fingerprint density at radius 1 is 1.05 bits per heavy atom. The van der Waals surface area contributed by atoms with Gasteiger partial charge < -0.3 is 10.8 Å². The Balaban J connectivity index is 0.000000587. The maximum Gasteiger partial charge on any atom is 0.490 e. The van der Waals surface area contributed by atoms with Crippen LogP contribution in [-0.4, -0.2) is 94.1 Å². The molecule has 2 saturated heterocycles. The van der Waals surface area contributed by atoms with E-state index in [1.807, 2.05) is 0 Å². The number of carboxylic acid groups (broad SMARTS) is 1. The molecule has 3 N–H and O–H groups in total. The van der Waals surface area contributed by atoms with E-state index in [1.54, 1.807) is 18.2 Å². The Labute approximate surface area is 238 Å². The summed E-state index contributed by atoms with van der Waals surface area (Å²) in [5.41, 5.74) is 6.31. The van der Waals surface area contributed by atoms with E-state index in [1.165, 1.54) is 22.5 Å². The number of halogens is 4. The highest BCUT2D eigenvalue weighted by molar-refractivity contribution is 7.93. The summed E-state index contributed by atoms with van der Waals surface area (Å²) in [6, 6.07) is 7.97. The van der Waals surface area contributed by atoms with E-state index in [2.05, 4.69) is 0 Å². The topological polar surface area (TPSA) is 172 Å². The lowest BCUT2D eigenvalue weighted by molar-refractivity contribution is -0.192. The van der Waals surface area contributed by atoms with Gasteiger partial charge >= 0.3 is 12.1 Å². The van der Waals surface area contributed by atoms with Crippen LogP contribution in [0.3, 0.4) is 0 Å². The average Bonchev–Trinajstić information content (AvgIpc) is 3.52. The van der Waals surface area contributed by atoms with Gasteiger partial charge in [-0.2, -0.15) is 30.2 Å². The molecule has 230 valence electrons. The Morgan fingerprint density at radius 3 is 2.10 bits per heavy atom. The molecule has 2 atom stereocenters. The predicted octanol–water partition coefficient (Wildman–Crippen LogP) is 1.59. The third-order valence-corrected chi connectivity index (χ3v) is 13.6. The van der Waals surface area contributed by atoms with Crippen LogP contribution in [0, 0.1) is 5.82 Å². The van der Waals surface area contributed by atoms with Crippen molar-refractivity contribution >= 4 is 47.2 Å². The summed E-state index contributed by atoms with van der Waals surface area (Å²) >= 11 is 1.06. The number of thiophene rings is 1. The monoisotopic (exact) mass is 665 g/mol. The first kappa shape index (κ1) is 33.3. The van der Waals surface area contributed by atoms with Crippen molar-refractivity contribution in [2.24, 2.45) is 5.73 Å². The van der Waals surface area contributed by atoms with Crippen molar-refractivity contribution in [3.8, 4) is 0 Å². The number of hydrogen-bond acceptors (Lipinski definition) is 9. The van der Waals surface area contributed by atoms with Crippen LogP contribution >= 0.6 is 11.3 Å². The molecule has 0 radical (unpaired) electrons. The number of nitrogens with two attached hydrogens (primary N) is 1. The van der Waals surface area contributed by atoms with Gasteiger partial charge in [-0.1, -0.05) is 12.1 Å². The first-order chi connectivity index (χ1) is 18.9. The minimum atomic E-state index is -5.08. The first-order valence-electron chi connectivity index (χ1n) is 11.9. The summed E-state index contributed by atoms with van der Waals surface area (Å²) in [5.74, 6) is -4.48. The summed E-state index contributed by atoms with van der Waals surface area (Å²) in [4.78, 5) is 9.60. The lowest BCUT2D eigenvalue weighted by Gasteiger charge is -2.32. The van der Waals surface area contributed by atoms with Gasteiger partial charge in [-0.25, -0.2) is 26.0 Å². The van der Waals surface area contributed by atoms with Gasteiger partial charge in [0.05, 0.1) is 17.3 Å². The second-order valence-electron chi connectivity index (χ2n) is 9.28. The molecule has 19 heteroatoms. The third kappa shape index (κ3) is 8.45. The van der Waals surface area contributed by atoms with E-state index in [9.17, 15) is 42.8 Å². The number of sulfone groups is 2. The van der Waals surface area contributed by atoms with Crippen LogP contribution in [0.15, 0.2) is 40.6 Å². The first-order valence-corrected chi connectivity index (χ1v) is 17.6. The number of nitrogens with zero attached hydrogens (tertiary/aromatic N) is 2. The lowest BCUT2D eigenvalue weighted by Crippen LogP contribution is -2.52. The number of benzene rings is 1. The maximum absolute atomic E-state index is 13.5. The minimum Gasteiger partial charge on any atom is -0.475 e. The Bertz CT molecular complexity index is 1550. The molecule has 4 rings (SSSR count). The third-order valence-electron chi connectivity index (χ3n) is 6.43. The molecular weight excluding hydrogens is 639 g/mol. The molecule has 2 aromatic rings. The summed E-state index contributed by atoms with van der Waals surface area (Å²) in [7, 11) is -11.2. The predicted molar refractivity (Wildman–Crippen MR) is 141 cm³/mol. The molecule has 0 saturated carbocycles. The summed E-state index contributed by atoms with van der Waals surface area (Å²) in [6.45, 7) is -0.121. The van der Waals surface area contributed by atoms with Gasteiger partial charge in [0, 0.05) is 37.1 Å². The summed E-state index contributed by atoms with van der Waals surface area (Å²) in [5, 5.41) is 7.12. The van der Waals surface area contributed by atoms with Gasteiger partial charge in [0.1, 0.15) is 10.0 Å². The minimum absolute atomic E-state index is 0.0237. The molecule has 11 nitrogen and oxygen atoms in total. The largest absolute Gasteiger partial charge is 0.490 e. The van der Waals surface area contributed by atoms with Crippen molar-refractivity contribution in [2.45, 2.75) is 35.3 Å². The molecule has 1 aromatic carbocycles. The van der Waals surface area contributed by atoms with Crippen LogP contribution in [0.5, 0.6) is 0 Å². The highest BCUT2D eigenvalue weighted by Crippen LogP contribution is 2.37. The van der Waals surface area contributed by atoms with Crippen molar-refractivity contribution in [3.63, 3.8) is 0 Å². The second-order valence-corrected chi connectivity index (χ2v) is 16.9. The van der Waals surface area contributed by atoms with Crippen LogP contribution < -0.4 is 5.73 Å². The molecule has 2 fully saturated rings. The summed E-state index contributed by atoms with van der Waals surface area (Å²) in [6.07, 6.45) is -4.84. The molecule has 0 bridgehead atoms. The van der Waals surface area contributed by atoms with E-state index in [0.29, 0.717) is 10.4 Å². The van der Waals surface area contributed by atoms with Crippen molar-refractivity contribution in [3.05, 3.63) is 52.7 Å². The number of carbonyl (C=O) groups is 1. The molecule has 0 spiro atoms. The lowest BCUT2D eigenvalue weighted by atomic mass is 9.97. The molecule has 2 aliphatic rings. The molecule has 41 heavy (non-hydrogen) atoms. The molecular formula is C22H27F4N3O8S4. The SMILES string of the molecule is NCc1ccc(S(=O)(=O)CC2CC(c3ccc(F)cc3)CN2S(=O)(=O)N2CCS(=O)(=O)CC2)s1.O=C(O)C(F)(F)F. The van der Waals surface area contributed by atoms with Crippen LogP contribution in [0.4, 0.5) is 17.6 Å². The molecule has 2 unspecified atom stereocenters. The average molecular weight is 666 g/mol. The van der Waals surface area contributed by atoms with Crippen molar-refractivity contribution in [1.29, 1.82) is 0 Å². The quantitative estimate of drug-likeness (QED) is 0.417.